The number of amides is 1. The Balaban J connectivity index is 1.38. The third-order valence-electron chi connectivity index (χ3n) is 5.12. The van der Waals surface area contributed by atoms with Gasteiger partial charge in [0.2, 0.25) is 0 Å². The fraction of sp³-hybridized carbons (Fsp3) is 0.381. The highest BCUT2D eigenvalue weighted by Crippen LogP contribution is 2.27. The average Bonchev–Trinajstić information content (AvgIpc) is 3.38. The van der Waals surface area contributed by atoms with Crippen molar-refractivity contribution >= 4 is 16.9 Å². The number of nitrogens with one attached hydrogen (secondary N) is 2. The van der Waals surface area contributed by atoms with E-state index in [9.17, 15) is 9.18 Å². The molecule has 2 atom stereocenters. The number of hydrogen-bond acceptors (Lipinski definition) is 5. The zero-order chi connectivity index (χ0) is 20.2. The molecule has 4 rings (SSSR count). The lowest BCUT2D eigenvalue weighted by Crippen LogP contribution is -2.38. The van der Waals surface area contributed by atoms with Crippen molar-refractivity contribution in [3.8, 4) is 5.75 Å². The molecule has 29 heavy (non-hydrogen) atoms. The van der Waals surface area contributed by atoms with Crippen LogP contribution in [0.2, 0.25) is 0 Å². The number of halogens is 1. The molecule has 1 aliphatic rings. The molecular formula is C21H24FN5O2. The van der Waals surface area contributed by atoms with Crippen LogP contribution in [0.3, 0.4) is 0 Å². The van der Waals surface area contributed by atoms with E-state index in [1.54, 1.807) is 25.3 Å². The van der Waals surface area contributed by atoms with Gasteiger partial charge in [-0.15, -0.1) is 0 Å². The van der Waals surface area contributed by atoms with Crippen LogP contribution in [0, 0.1) is 5.82 Å². The van der Waals surface area contributed by atoms with Gasteiger partial charge in [0.15, 0.2) is 23.3 Å². The predicted octanol–water partition coefficient (Wildman–Crippen LogP) is 2.23. The topological polar surface area (TPSA) is 81.1 Å². The fourth-order valence-corrected chi connectivity index (χ4v) is 3.59. The molecule has 1 aliphatic heterocycles. The minimum atomic E-state index is -0.806. The van der Waals surface area contributed by atoms with Crippen molar-refractivity contribution in [2.24, 2.45) is 0 Å². The minimum absolute atomic E-state index is 0.0623. The summed E-state index contributed by atoms with van der Waals surface area (Å²) in [6.07, 6.45) is 2.00. The van der Waals surface area contributed by atoms with Gasteiger partial charge in [-0.25, -0.2) is 14.1 Å². The van der Waals surface area contributed by atoms with Crippen molar-refractivity contribution in [2.45, 2.75) is 31.9 Å². The number of nitrogens with zero attached hydrogens (tertiary/aromatic N) is 3. The number of carbonyl (C=O) groups is 1. The van der Waals surface area contributed by atoms with Crippen LogP contribution in [0.5, 0.6) is 5.75 Å². The Morgan fingerprint density at radius 3 is 3.03 bits per heavy atom. The van der Waals surface area contributed by atoms with Gasteiger partial charge < -0.3 is 15.4 Å². The van der Waals surface area contributed by atoms with Gasteiger partial charge in [-0.3, -0.25) is 4.79 Å². The molecule has 2 unspecified atom stereocenters. The summed E-state index contributed by atoms with van der Waals surface area (Å²) in [5, 5.41) is 12.0. The maximum absolute atomic E-state index is 13.7. The summed E-state index contributed by atoms with van der Waals surface area (Å²) in [6, 6.07) is 10.0. The highest BCUT2D eigenvalue weighted by atomic mass is 19.1. The molecule has 0 saturated carbocycles. The molecule has 0 radical (unpaired) electrons. The van der Waals surface area contributed by atoms with E-state index in [-0.39, 0.29) is 11.7 Å². The Hall–Kier alpha value is -3.00. The van der Waals surface area contributed by atoms with Crippen LogP contribution in [0.15, 0.2) is 42.6 Å². The molecule has 0 aliphatic carbocycles. The van der Waals surface area contributed by atoms with E-state index in [4.69, 9.17) is 9.84 Å². The molecule has 8 heteroatoms. The smallest absolute Gasteiger partial charge is 0.260 e. The van der Waals surface area contributed by atoms with Gasteiger partial charge >= 0.3 is 0 Å². The summed E-state index contributed by atoms with van der Waals surface area (Å²) < 4.78 is 20.9. The monoisotopic (exact) mass is 397 g/mol. The van der Waals surface area contributed by atoms with Crippen LogP contribution < -0.4 is 15.4 Å². The number of aromatic nitrogens is 3. The van der Waals surface area contributed by atoms with Gasteiger partial charge in [0.1, 0.15) is 0 Å². The fourth-order valence-electron chi connectivity index (χ4n) is 3.59. The molecule has 1 saturated heterocycles. The normalized spacial score (nSPS) is 17.4. The Bertz CT molecular complexity index is 1000. The molecule has 152 valence electrons. The molecule has 7 nitrogen and oxygen atoms in total. The molecule has 2 N–H and O–H groups in total. The number of rotatable bonds is 7. The quantitative estimate of drug-likeness (QED) is 0.639. The zero-order valence-electron chi connectivity index (χ0n) is 16.3. The Morgan fingerprint density at radius 2 is 2.24 bits per heavy atom. The number of pyridine rings is 1. The standard InChI is InChI=1S/C21H24FN5O2/c1-14(29-18-7-3-2-6-17(18)22)21(28)25-11-12-27-20-16(5-4-9-24-20)19(26-27)15-8-10-23-13-15/h2-7,9,14-15,23H,8,10-13H2,1H3,(H,25,28). The third-order valence-corrected chi connectivity index (χ3v) is 5.12. The minimum Gasteiger partial charge on any atom is -0.478 e. The first-order valence-corrected chi connectivity index (χ1v) is 9.84. The number of benzene rings is 1. The molecule has 1 fully saturated rings. The molecule has 0 spiro atoms. The van der Waals surface area contributed by atoms with E-state index >= 15 is 0 Å². The third kappa shape index (κ3) is 4.22. The summed E-state index contributed by atoms with van der Waals surface area (Å²) in [5.41, 5.74) is 1.87. The summed E-state index contributed by atoms with van der Waals surface area (Å²) in [6.45, 7) is 4.38. The van der Waals surface area contributed by atoms with E-state index in [0.717, 1.165) is 36.2 Å². The van der Waals surface area contributed by atoms with Crippen molar-refractivity contribution < 1.29 is 13.9 Å². The van der Waals surface area contributed by atoms with Crippen LogP contribution in [0.1, 0.15) is 25.0 Å². The second-order valence-corrected chi connectivity index (χ2v) is 7.15. The predicted molar refractivity (Wildman–Crippen MR) is 107 cm³/mol. The van der Waals surface area contributed by atoms with Crippen LogP contribution in [-0.2, 0) is 11.3 Å². The lowest BCUT2D eigenvalue weighted by molar-refractivity contribution is -0.127. The lowest BCUT2D eigenvalue weighted by Gasteiger charge is -2.15. The van der Waals surface area contributed by atoms with Crippen molar-refractivity contribution in [3.05, 3.63) is 54.1 Å². The average molecular weight is 397 g/mol. The van der Waals surface area contributed by atoms with Crippen LogP contribution >= 0.6 is 0 Å². The molecule has 3 aromatic rings. The Morgan fingerprint density at radius 1 is 1.38 bits per heavy atom. The number of carbonyl (C=O) groups excluding carboxylic acids is 1. The second kappa shape index (κ2) is 8.57. The van der Waals surface area contributed by atoms with Gasteiger partial charge in [0, 0.05) is 30.6 Å². The summed E-state index contributed by atoms with van der Waals surface area (Å²) >= 11 is 0. The van der Waals surface area contributed by atoms with Gasteiger partial charge in [-0.1, -0.05) is 12.1 Å². The van der Waals surface area contributed by atoms with Crippen molar-refractivity contribution in [1.82, 2.24) is 25.4 Å². The van der Waals surface area contributed by atoms with Crippen molar-refractivity contribution in [2.75, 3.05) is 19.6 Å². The van der Waals surface area contributed by atoms with E-state index < -0.39 is 11.9 Å². The van der Waals surface area contributed by atoms with Crippen LogP contribution in [0.4, 0.5) is 4.39 Å². The molecular weight excluding hydrogens is 373 g/mol. The van der Waals surface area contributed by atoms with Crippen molar-refractivity contribution in [3.63, 3.8) is 0 Å². The van der Waals surface area contributed by atoms with Crippen LogP contribution in [-0.4, -0.2) is 46.4 Å². The summed E-state index contributed by atoms with van der Waals surface area (Å²) in [5.74, 6) is -0.355. The summed E-state index contributed by atoms with van der Waals surface area (Å²) in [7, 11) is 0. The molecule has 0 bridgehead atoms. The summed E-state index contributed by atoms with van der Waals surface area (Å²) in [4.78, 5) is 16.8. The first-order chi connectivity index (χ1) is 14.1. The molecule has 2 aromatic heterocycles. The maximum Gasteiger partial charge on any atom is 0.260 e. The Kier molecular flexibility index (Phi) is 5.71. The molecule has 3 heterocycles. The number of fused-ring (bicyclic) bond motifs is 1. The first-order valence-electron chi connectivity index (χ1n) is 9.84. The van der Waals surface area contributed by atoms with Gasteiger partial charge in [-0.05, 0) is 44.2 Å². The van der Waals surface area contributed by atoms with E-state index in [1.165, 1.54) is 12.1 Å². The lowest BCUT2D eigenvalue weighted by atomic mass is 10.0. The molecule has 1 amide bonds. The highest BCUT2D eigenvalue weighted by molar-refractivity contribution is 5.81. The number of ether oxygens (including phenoxy) is 1. The first kappa shape index (κ1) is 19.3. The van der Waals surface area contributed by atoms with E-state index in [0.29, 0.717) is 19.0 Å². The van der Waals surface area contributed by atoms with Gasteiger partial charge in [-0.2, -0.15) is 5.10 Å². The zero-order valence-corrected chi connectivity index (χ0v) is 16.3. The maximum atomic E-state index is 13.7. The second-order valence-electron chi connectivity index (χ2n) is 7.15. The van der Waals surface area contributed by atoms with E-state index in [1.807, 2.05) is 16.8 Å². The molecule has 1 aromatic carbocycles. The number of para-hydroxylation sites is 1. The number of hydrogen-bond donors (Lipinski definition) is 2. The van der Waals surface area contributed by atoms with E-state index in [2.05, 4.69) is 15.6 Å². The SMILES string of the molecule is CC(Oc1ccccc1F)C(=O)NCCn1nc(C2CCNC2)c2cccnc21. The highest BCUT2D eigenvalue weighted by Gasteiger charge is 2.23. The largest absolute Gasteiger partial charge is 0.478 e. The van der Waals surface area contributed by atoms with Crippen molar-refractivity contribution in [1.29, 1.82) is 0 Å². The van der Waals surface area contributed by atoms with Crippen LogP contribution in [0.25, 0.3) is 11.0 Å². The van der Waals surface area contributed by atoms with Gasteiger partial charge in [0.25, 0.3) is 5.91 Å². The van der Waals surface area contributed by atoms with Gasteiger partial charge in [0.05, 0.1) is 12.2 Å². The Labute approximate surface area is 168 Å².